The van der Waals surface area contributed by atoms with Gasteiger partial charge in [-0.15, -0.1) is 0 Å². The van der Waals surface area contributed by atoms with E-state index in [0.29, 0.717) is 17.8 Å². The largest absolute Gasteiger partial charge is 0.303 e. The lowest BCUT2D eigenvalue weighted by Crippen LogP contribution is -2.43. The number of fused-ring (bicyclic) bond motifs is 6. The van der Waals surface area contributed by atoms with Crippen LogP contribution in [-0.2, 0) is 4.79 Å². The summed E-state index contributed by atoms with van der Waals surface area (Å²) in [4.78, 5) is 25.9. The maximum absolute atomic E-state index is 14.6. The number of likely N-dealkylation sites (tertiary alicyclic amines) is 1. The summed E-state index contributed by atoms with van der Waals surface area (Å²) < 4.78 is 4.54. The summed E-state index contributed by atoms with van der Waals surface area (Å²) in [7, 11) is 0. The van der Waals surface area contributed by atoms with E-state index >= 15 is 0 Å². The van der Waals surface area contributed by atoms with Crippen molar-refractivity contribution >= 4 is 60.9 Å². The third kappa shape index (κ3) is 6.59. The lowest BCUT2D eigenvalue weighted by molar-refractivity contribution is -0.119. The molecule has 8 nitrogen and oxygen atoms in total. The number of carbonyl (C=O) groups excluding carboxylic acids is 1. The number of nitrogens with zero attached hydrogens (tertiary/aromatic N) is 7. The first-order valence-corrected chi connectivity index (χ1v) is 21.3. The molecule has 58 heavy (non-hydrogen) atoms. The van der Waals surface area contributed by atoms with Crippen molar-refractivity contribution < 1.29 is 4.79 Å². The minimum atomic E-state index is 0.138. The molecular weight excluding hydrogens is 715 g/mol. The molecule has 1 aliphatic heterocycles. The molecular formula is C50H51N7O. The molecule has 0 N–H and O–H groups in total. The molecule has 4 aromatic heterocycles. The number of unbranched alkanes of at least 4 members (excludes halogenated alkanes) is 1. The highest BCUT2D eigenvalue weighted by molar-refractivity contribution is 6.11. The van der Waals surface area contributed by atoms with Crippen molar-refractivity contribution in [2.75, 3.05) is 36.2 Å². The highest BCUT2D eigenvalue weighted by Crippen LogP contribution is 2.52. The summed E-state index contributed by atoms with van der Waals surface area (Å²) in [6.45, 7) is 4.34. The van der Waals surface area contributed by atoms with Gasteiger partial charge < -0.3 is 4.90 Å². The maximum Gasteiger partial charge on any atom is 0.246 e. The van der Waals surface area contributed by atoms with Gasteiger partial charge in [0.25, 0.3) is 0 Å². The lowest BCUT2D eigenvalue weighted by atomic mass is 9.69. The zero-order valence-corrected chi connectivity index (χ0v) is 33.2. The van der Waals surface area contributed by atoms with Crippen molar-refractivity contribution in [3.8, 4) is 0 Å². The van der Waals surface area contributed by atoms with Crippen molar-refractivity contribution in [3.63, 3.8) is 0 Å². The van der Waals surface area contributed by atoms with Gasteiger partial charge in [-0.1, -0.05) is 79.2 Å². The van der Waals surface area contributed by atoms with Crippen LogP contribution in [-0.4, -0.2) is 56.3 Å². The van der Waals surface area contributed by atoms with Gasteiger partial charge in [0.2, 0.25) is 5.91 Å². The van der Waals surface area contributed by atoms with Gasteiger partial charge in [0.15, 0.2) is 0 Å². The fourth-order valence-corrected chi connectivity index (χ4v) is 10.5. The van der Waals surface area contributed by atoms with Gasteiger partial charge in [-0.25, -0.2) is 9.69 Å². The molecule has 292 valence electrons. The van der Waals surface area contributed by atoms with Crippen molar-refractivity contribution in [2.24, 2.45) is 11.3 Å². The van der Waals surface area contributed by atoms with Gasteiger partial charge in [0, 0.05) is 59.3 Å². The molecule has 2 aliphatic rings. The maximum atomic E-state index is 14.6. The van der Waals surface area contributed by atoms with E-state index in [0.717, 1.165) is 78.6 Å². The van der Waals surface area contributed by atoms with E-state index < -0.39 is 0 Å². The second kappa shape index (κ2) is 15.7. The number of benzene rings is 4. The van der Waals surface area contributed by atoms with Crippen molar-refractivity contribution in [3.05, 3.63) is 146 Å². The number of hydrogen-bond donors (Lipinski definition) is 0. The molecule has 8 heteroatoms. The molecule has 1 unspecified atom stereocenters. The number of aromatic nitrogens is 4. The van der Waals surface area contributed by atoms with Crippen LogP contribution < -0.4 is 10.0 Å². The Labute approximate surface area is 340 Å². The minimum absolute atomic E-state index is 0.138. The molecule has 4 aromatic carbocycles. The van der Waals surface area contributed by atoms with E-state index in [1.807, 2.05) is 29.5 Å². The molecule has 1 spiro atoms. The number of pyridine rings is 2. The fraction of sp³-hybridized carbons (Fsp3) is 0.300. The molecule has 1 aliphatic carbocycles. The van der Waals surface area contributed by atoms with E-state index in [2.05, 4.69) is 138 Å². The summed E-state index contributed by atoms with van der Waals surface area (Å²) in [5, 5.41) is 9.22. The van der Waals surface area contributed by atoms with Gasteiger partial charge in [0.1, 0.15) is 0 Å². The molecule has 5 heterocycles. The van der Waals surface area contributed by atoms with Crippen LogP contribution in [0.2, 0.25) is 0 Å². The highest BCUT2D eigenvalue weighted by Gasteiger charge is 2.44. The molecule has 0 radical (unpaired) electrons. The predicted octanol–water partition coefficient (Wildman–Crippen LogP) is 10.9. The average Bonchev–Trinajstić information content (AvgIpc) is 3.94. The molecule has 1 atom stereocenters. The van der Waals surface area contributed by atoms with E-state index in [1.165, 1.54) is 53.9 Å². The van der Waals surface area contributed by atoms with Gasteiger partial charge in [-0.2, -0.15) is 0 Å². The average molecular weight is 766 g/mol. The van der Waals surface area contributed by atoms with Crippen LogP contribution in [0.4, 0.5) is 11.4 Å². The number of rotatable bonds is 12. The summed E-state index contributed by atoms with van der Waals surface area (Å²) in [6.07, 6.45) is 17.3. The number of carbonyl (C=O) groups is 1. The van der Waals surface area contributed by atoms with Gasteiger partial charge in [-0.05, 0) is 124 Å². The van der Waals surface area contributed by atoms with Crippen LogP contribution in [0.1, 0.15) is 57.8 Å². The number of para-hydroxylation sites is 4. The van der Waals surface area contributed by atoms with Crippen molar-refractivity contribution in [2.45, 2.75) is 57.8 Å². The minimum Gasteiger partial charge on any atom is -0.303 e. The molecule has 8 aromatic rings. The third-order valence-corrected chi connectivity index (χ3v) is 13.4. The Morgan fingerprint density at radius 2 is 1.10 bits per heavy atom. The zero-order chi connectivity index (χ0) is 38.9. The fourth-order valence-electron chi connectivity index (χ4n) is 10.5. The van der Waals surface area contributed by atoms with Crippen LogP contribution in [0.5, 0.6) is 0 Å². The monoisotopic (exact) mass is 765 g/mol. The molecule has 1 amide bonds. The molecule has 2 fully saturated rings. The summed E-state index contributed by atoms with van der Waals surface area (Å²) in [5.74, 6) is 0.718. The SMILES string of the molecule is O=C(CCC1CCCC12CCN(CCCCN(c1ccncc1)n1c3ccccc3c3ccccc31)CC2)N(c1ccncc1)n1c2ccccc2c2ccccc21. The Morgan fingerprint density at radius 1 is 0.603 bits per heavy atom. The standard InChI is InChI=1S/C50H51N7O/c58-49(55(40-25-32-52-33-26-40)57-47-19-7-3-15-43(47)44-16-4-8-20-48(44)57)22-21-38-12-11-27-50(38)28-36-53(37-29-50)34-9-10-35-54(39-23-30-51-31-24-39)56-45-17-5-1-13-41(45)42-14-2-6-18-46(42)56/h1-8,13-20,23-26,30-33,38H,9-12,21-22,27-29,34-37H2. The first-order valence-electron chi connectivity index (χ1n) is 21.3. The van der Waals surface area contributed by atoms with Crippen LogP contribution in [0, 0.1) is 11.3 Å². The van der Waals surface area contributed by atoms with Gasteiger partial charge >= 0.3 is 0 Å². The second-order valence-electron chi connectivity index (χ2n) is 16.5. The zero-order valence-electron chi connectivity index (χ0n) is 33.2. The quantitative estimate of drug-likeness (QED) is 0.116. The molecule has 0 bridgehead atoms. The Hall–Kier alpha value is -5.99. The number of amides is 1. The predicted molar refractivity (Wildman–Crippen MR) is 237 cm³/mol. The van der Waals surface area contributed by atoms with Crippen LogP contribution in [0.3, 0.4) is 0 Å². The van der Waals surface area contributed by atoms with Crippen molar-refractivity contribution in [1.82, 2.24) is 24.2 Å². The van der Waals surface area contributed by atoms with Gasteiger partial charge in [0.05, 0.1) is 33.4 Å². The second-order valence-corrected chi connectivity index (χ2v) is 16.5. The van der Waals surface area contributed by atoms with E-state index in [9.17, 15) is 4.79 Å². The number of hydrogen-bond acceptors (Lipinski definition) is 5. The first kappa shape index (κ1) is 36.4. The first-order chi connectivity index (χ1) is 28.7. The molecule has 1 saturated heterocycles. The summed E-state index contributed by atoms with van der Waals surface area (Å²) >= 11 is 0. The normalized spacial score (nSPS) is 16.9. The lowest BCUT2D eigenvalue weighted by Gasteiger charge is -2.43. The van der Waals surface area contributed by atoms with E-state index in [4.69, 9.17) is 0 Å². The van der Waals surface area contributed by atoms with Crippen LogP contribution >= 0.6 is 0 Å². The summed E-state index contributed by atoms with van der Waals surface area (Å²) in [6, 6.07) is 42.5. The van der Waals surface area contributed by atoms with E-state index in [1.54, 1.807) is 12.4 Å². The van der Waals surface area contributed by atoms with Gasteiger partial charge in [-0.3, -0.25) is 24.4 Å². The Kier molecular flexibility index (Phi) is 9.87. The Morgan fingerprint density at radius 3 is 1.66 bits per heavy atom. The van der Waals surface area contributed by atoms with Crippen molar-refractivity contribution in [1.29, 1.82) is 0 Å². The Balaban J connectivity index is 0.798. The highest BCUT2D eigenvalue weighted by atomic mass is 16.2. The van der Waals surface area contributed by atoms with Crippen LogP contribution in [0.15, 0.2) is 146 Å². The smallest absolute Gasteiger partial charge is 0.246 e. The Bertz CT molecular complexity index is 2570. The number of anilines is 2. The summed E-state index contributed by atoms with van der Waals surface area (Å²) in [5.41, 5.74) is 6.88. The van der Waals surface area contributed by atoms with E-state index in [-0.39, 0.29) is 5.91 Å². The number of piperidine rings is 1. The molecule has 1 saturated carbocycles. The molecule has 10 rings (SSSR count). The van der Waals surface area contributed by atoms with Crippen LogP contribution in [0.25, 0.3) is 43.6 Å². The topological polar surface area (TPSA) is 62.4 Å². The third-order valence-electron chi connectivity index (χ3n) is 13.4.